The Kier molecular flexibility index (Phi) is 4.37. The van der Waals surface area contributed by atoms with Crippen LogP contribution in [0.1, 0.15) is 23.7 Å². The average Bonchev–Trinajstić information content (AvgIpc) is 2.87. The van der Waals surface area contributed by atoms with Crippen LogP contribution in [0.2, 0.25) is 0 Å². The van der Waals surface area contributed by atoms with Gasteiger partial charge in [-0.1, -0.05) is 13.0 Å². The number of hydrogen-bond acceptors (Lipinski definition) is 3. The fourth-order valence-corrected chi connectivity index (χ4v) is 2.43. The van der Waals surface area contributed by atoms with E-state index in [4.69, 9.17) is 5.73 Å². The molecule has 19 heavy (non-hydrogen) atoms. The average molecular weight is 265 g/mol. The molecular formula is C14H20FN3O. The molecule has 1 atom stereocenters. The van der Waals surface area contributed by atoms with Gasteiger partial charge in [-0.05, 0) is 37.6 Å². The molecule has 1 unspecified atom stereocenters. The largest absolute Gasteiger partial charge is 0.396 e. The molecule has 0 radical (unpaired) electrons. The third-order valence-electron chi connectivity index (χ3n) is 3.67. The predicted octanol–water partition coefficient (Wildman–Crippen LogP) is 1.48. The molecule has 0 spiro atoms. The van der Waals surface area contributed by atoms with Crippen LogP contribution in [0.4, 0.5) is 10.1 Å². The van der Waals surface area contributed by atoms with E-state index < -0.39 is 5.82 Å². The topological polar surface area (TPSA) is 58.4 Å². The standard InChI is InChI=1S/C14H20FN3O/c1-2-18-7-6-10(9-18)8-17-14(19)11-4-3-5-12(15)13(11)16/h3-5,10H,2,6-9,16H2,1H3,(H,17,19). The van der Waals surface area contributed by atoms with Crippen molar-refractivity contribution in [2.75, 3.05) is 31.9 Å². The second-order valence-corrected chi connectivity index (χ2v) is 4.96. The number of amides is 1. The maximum atomic E-state index is 13.3. The molecule has 1 saturated heterocycles. The van der Waals surface area contributed by atoms with Crippen LogP contribution in [0.3, 0.4) is 0 Å². The number of para-hydroxylation sites is 1. The van der Waals surface area contributed by atoms with Gasteiger partial charge < -0.3 is 16.0 Å². The van der Waals surface area contributed by atoms with Crippen LogP contribution < -0.4 is 11.1 Å². The van der Waals surface area contributed by atoms with Crippen LogP contribution in [0.5, 0.6) is 0 Å². The highest BCUT2D eigenvalue weighted by Crippen LogP contribution is 2.17. The number of nitrogen functional groups attached to an aromatic ring is 1. The smallest absolute Gasteiger partial charge is 0.253 e. The maximum Gasteiger partial charge on any atom is 0.253 e. The first kappa shape index (κ1) is 13.8. The van der Waals surface area contributed by atoms with Gasteiger partial charge in [0.05, 0.1) is 11.3 Å². The van der Waals surface area contributed by atoms with Crippen LogP contribution >= 0.6 is 0 Å². The number of nitrogens with zero attached hydrogens (tertiary/aromatic N) is 1. The number of halogens is 1. The molecular weight excluding hydrogens is 245 g/mol. The van der Waals surface area contributed by atoms with Crippen molar-refractivity contribution in [1.29, 1.82) is 0 Å². The monoisotopic (exact) mass is 265 g/mol. The fourth-order valence-electron chi connectivity index (χ4n) is 2.43. The van der Waals surface area contributed by atoms with Crippen molar-refractivity contribution >= 4 is 11.6 Å². The van der Waals surface area contributed by atoms with Crippen LogP contribution in [-0.2, 0) is 0 Å². The van der Waals surface area contributed by atoms with Gasteiger partial charge in [-0.15, -0.1) is 0 Å². The summed E-state index contributed by atoms with van der Waals surface area (Å²) in [5, 5.41) is 2.84. The molecule has 2 rings (SSSR count). The summed E-state index contributed by atoms with van der Waals surface area (Å²) in [6, 6.07) is 4.29. The molecule has 1 aromatic rings. The van der Waals surface area contributed by atoms with Crippen molar-refractivity contribution in [2.45, 2.75) is 13.3 Å². The Balaban J connectivity index is 1.90. The molecule has 1 aromatic carbocycles. The van der Waals surface area contributed by atoms with E-state index in [1.54, 1.807) is 6.07 Å². The summed E-state index contributed by atoms with van der Waals surface area (Å²) >= 11 is 0. The Hall–Kier alpha value is -1.62. The SMILES string of the molecule is CCN1CCC(CNC(=O)c2cccc(F)c2N)C1. The van der Waals surface area contributed by atoms with E-state index in [1.807, 2.05) is 0 Å². The zero-order valence-corrected chi connectivity index (χ0v) is 11.2. The third-order valence-corrected chi connectivity index (χ3v) is 3.67. The minimum Gasteiger partial charge on any atom is -0.396 e. The van der Waals surface area contributed by atoms with Crippen molar-refractivity contribution in [3.63, 3.8) is 0 Å². The van der Waals surface area contributed by atoms with E-state index in [2.05, 4.69) is 17.1 Å². The summed E-state index contributed by atoms with van der Waals surface area (Å²) in [5.41, 5.74) is 5.70. The first-order valence-electron chi connectivity index (χ1n) is 6.66. The summed E-state index contributed by atoms with van der Waals surface area (Å²) < 4.78 is 13.3. The van der Waals surface area contributed by atoms with Gasteiger partial charge in [0.25, 0.3) is 5.91 Å². The van der Waals surface area contributed by atoms with Gasteiger partial charge in [-0.3, -0.25) is 4.79 Å². The molecule has 104 valence electrons. The lowest BCUT2D eigenvalue weighted by molar-refractivity contribution is 0.0948. The third kappa shape index (κ3) is 3.23. The molecule has 0 aliphatic carbocycles. The number of hydrogen-bond donors (Lipinski definition) is 2. The molecule has 3 N–H and O–H groups in total. The molecule has 0 saturated carbocycles. The van der Waals surface area contributed by atoms with Crippen molar-refractivity contribution in [2.24, 2.45) is 5.92 Å². The zero-order valence-electron chi connectivity index (χ0n) is 11.2. The number of nitrogens with one attached hydrogen (secondary N) is 1. The quantitative estimate of drug-likeness (QED) is 0.811. The molecule has 0 aromatic heterocycles. The highest BCUT2D eigenvalue weighted by molar-refractivity contribution is 5.99. The number of carbonyl (C=O) groups is 1. The lowest BCUT2D eigenvalue weighted by Crippen LogP contribution is -2.31. The zero-order chi connectivity index (χ0) is 13.8. The van der Waals surface area contributed by atoms with Crippen LogP contribution in [-0.4, -0.2) is 37.0 Å². The van der Waals surface area contributed by atoms with E-state index in [0.717, 1.165) is 26.1 Å². The normalized spacial score (nSPS) is 19.6. The molecule has 1 aliphatic heterocycles. The molecule has 0 bridgehead atoms. The van der Waals surface area contributed by atoms with E-state index in [1.165, 1.54) is 12.1 Å². The Morgan fingerprint density at radius 1 is 1.58 bits per heavy atom. The summed E-state index contributed by atoms with van der Waals surface area (Å²) in [5.74, 6) is -0.378. The van der Waals surface area contributed by atoms with Crippen molar-refractivity contribution in [3.8, 4) is 0 Å². The summed E-state index contributed by atoms with van der Waals surface area (Å²) in [6.07, 6.45) is 1.09. The molecule has 1 amide bonds. The van der Waals surface area contributed by atoms with E-state index in [0.29, 0.717) is 12.5 Å². The highest BCUT2D eigenvalue weighted by Gasteiger charge is 2.22. The molecule has 1 heterocycles. The predicted molar refractivity (Wildman–Crippen MR) is 73.4 cm³/mol. The first-order chi connectivity index (χ1) is 9.11. The van der Waals surface area contributed by atoms with Gasteiger partial charge in [0.1, 0.15) is 5.82 Å². The molecule has 4 nitrogen and oxygen atoms in total. The molecule has 1 fully saturated rings. The number of carbonyl (C=O) groups excluding carboxylic acids is 1. The lowest BCUT2D eigenvalue weighted by Gasteiger charge is -2.14. The minimum atomic E-state index is -0.550. The van der Waals surface area contributed by atoms with E-state index in [-0.39, 0.29) is 17.2 Å². The molecule has 5 heteroatoms. The lowest BCUT2D eigenvalue weighted by atomic mass is 10.1. The number of anilines is 1. The fraction of sp³-hybridized carbons (Fsp3) is 0.500. The summed E-state index contributed by atoms with van der Waals surface area (Å²) in [7, 11) is 0. The van der Waals surface area contributed by atoms with Crippen LogP contribution in [0, 0.1) is 11.7 Å². The van der Waals surface area contributed by atoms with Crippen LogP contribution in [0.15, 0.2) is 18.2 Å². The van der Waals surface area contributed by atoms with Gasteiger partial charge in [-0.25, -0.2) is 4.39 Å². The first-order valence-corrected chi connectivity index (χ1v) is 6.66. The Morgan fingerprint density at radius 2 is 2.37 bits per heavy atom. The number of nitrogens with two attached hydrogens (primary N) is 1. The van der Waals surface area contributed by atoms with Crippen LogP contribution in [0.25, 0.3) is 0 Å². The van der Waals surface area contributed by atoms with E-state index in [9.17, 15) is 9.18 Å². The summed E-state index contributed by atoms with van der Waals surface area (Å²) in [6.45, 7) is 5.88. The van der Waals surface area contributed by atoms with Gasteiger partial charge in [-0.2, -0.15) is 0 Å². The minimum absolute atomic E-state index is 0.0818. The number of benzene rings is 1. The van der Waals surface area contributed by atoms with Crippen molar-refractivity contribution in [1.82, 2.24) is 10.2 Å². The van der Waals surface area contributed by atoms with Crippen molar-refractivity contribution < 1.29 is 9.18 Å². The van der Waals surface area contributed by atoms with Gasteiger partial charge in [0, 0.05) is 13.1 Å². The van der Waals surface area contributed by atoms with Crippen molar-refractivity contribution in [3.05, 3.63) is 29.6 Å². The maximum absolute atomic E-state index is 13.3. The number of likely N-dealkylation sites (tertiary alicyclic amines) is 1. The second-order valence-electron chi connectivity index (χ2n) is 4.96. The van der Waals surface area contributed by atoms with Gasteiger partial charge in [0.15, 0.2) is 0 Å². The second kappa shape index (κ2) is 6.02. The number of rotatable bonds is 4. The highest BCUT2D eigenvalue weighted by atomic mass is 19.1. The Labute approximate surface area is 112 Å². The molecule has 1 aliphatic rings. The Morgan fingerprint density at radius 3 is 3.05 bits per heavy atom. The van der Waals surface area contributed by atoms with Gasteiger partial charge in [0.2, 0.25) is 0 Å². The Bertz CT molecular complexity index is 464. The van der Waals surface area contributed by atoms with E-state index >= 15 is 0 Å². The van der Waals surface area contributed by atoms with Gasteiger partial charge >= 0.3 is 0 Å². The summed E-state index contributed by atoms with van der Waals surface area (Å²) in [4.78, 5) is 14.3.